The van der Waals surface area contributed by atoms with E-state index in [4.69, 9.17) is 11.6 Å². The van der Waals surface area contributed by atoms with E-state index < -0.39 is 15.6 Å². The molecule has 0 radical (unpaired) electrons. The summed E-state index contributed by atoms with van der Waals surface area (Å²) in [5.41, 5.74) is 1.07. The van der Waals surface area contributed by atoms with Crippen molar-refractivity contribution < 1.29 is 8.42 Å². The van der Waals surface area contributed by atoms with Gasteiger partial charge in [-0.25, -0.2) is 13.1 Å². The SMILES string of the molecule is CNCc1cc(Cl)cc(S(=O)(=O)NC(C)(C)C)c1C. The first-order valence-electron chi connectivity index (χ1n) is 6.04. The van der Waals surface area contributed by atoms with Gasteiger partial charge in [0.05, 0.1) is 4.90 Å². The van der Waals surface area contributed by atoms with Crippen LogP contribution in [0.3, 0.4) is 0 Å². The molecule has 1 aromatic carbocycles. The summed E-state index contributed by atoms with van der Waals surface area (Å²) in [5.74, 6) is 0. The van der Waals surface area contributed by atoms with Crippen molar-refractivity contribution in [3.63, 3.8) is 0 Å². The van der Waals surface area contributed by atoms with Gasteiger partial charge in [0.25, 0.3) is 0 Å². The topological polar surface area (TPSA) is 58.2 Å². The fourth-order valence-corrected chi connectivity index (χ4v) is 3.86. The fourth-order valence-electron chi connectivity index (χ4n) is 1.82. The average molecular weight is 305 g/mol. The molecule has 0 fully saturated rings. The summed E-state index contributed by atoms with van der Waals surface area (Å²) in [4.78, 5) is 0.236. The van der Waals surface area contributed by atoms with Gasteiger partial charge >= 0.3 is 0 Å². The van der Waals surface area contributed by atoms with Crippen LogP contribution >= 0.6 is 11.6 Å². The molecule has 0 aliphatic rings. The molecule has 6 heteroatoms. The van der Waals surface area contributed by atoms with Crippen molar-refractivity contribution in [2.75, 3.05) is 7.05 Å². The van der Waals surface area contributed by atoms with Crippen LogP contribution in [0.25, 0.3) is 0 Å². The Hall–Kier alpha value is -0.620. The molecule has 0 unspecified atom stereocenters. The summed E-state index contributed by atoms with van der Waals surface area (Å²) < 4.78 is 27.4. The first kappa shape index (κ1) is 16.4. The lowest BCUT2D eigenvalue weighted by Crippen LogP contribution is -2.40. The van der Waals surface area contributed by atoms with E-state index in [1.807, 2.05) is 7.05 Å². The Balaban J connectivity index is 3.34. The number of nitrogens with one attached hydrogen (secondary N) is 2. The van der Waals surface area contributed by atoms with Crippen molar-refractivity contribution in [3.05, 3.63) is 28.3 Å². The highest BCUT2D eigenvalue weighted by Gasteiger charge is 2.24. The van der Waals surface area contributed by atoms with Crippen LogP contribution < -0.4 is 10.0 Å². The summed E-state index contributed by atoms with van der Waals surface area (Å²) in [6.07, 6.45) is 0. The normalized spacial score (nSPS) is 12.7. The molecule has 0 heterocycles. The molecule has 0 aliphatic carbocycles. The molecule has 0 atom stereocenters. The van der Waals surface area contributed by atoms with Gasteiger partial charge in [0.15, 0.2) is 0 Å². The number of rotatable bonds is 4. The van der Waals surface area contributed by atoms with Crippen LogP contribution in [0.2, 0.25) is 5.02 Å². The van der Waals surface area contributed by atoms with Crippen LogP contribution in [0.5, 0.6) is 0 Å². The lowest BCUT2D eigenvalue weighted by molar-refractivity contribution is 0.491. The van der Waals surface area contributed by atoms with Crippen molar-refractivity contribution in [2.24, 2.45) is 0 Å². The summed E-state index contributed by atoms with van der Waals surface area (Å²) in [7, 11) is -1.77. The Bertz CT molecular complexity index is 563. The Morgan fingerprint density at radius 3 is 2.32 bits per heavy atom. The zero-order valence-corrected chi connectivity index (χ0v) is 13.5. The summed E-state index contributed by atoms with van der Waals surface area (Å²) in [6, 6.07) is 3.27. The van der Waals surface area contributed by atoms with Crippen molar-refractivity contribution in [1.82, 2.24) is 10.0 Å². The molecule has 0 bridgehead atoms. The summed E-state index contributed by atoms with van der Waals surface area (Å²) in [5, 5.41) is 3.43. The van der Waals surface area contributed by atoms with Gasteiger partial charge in [0, 0.05) is 17.1 Å². The molecule has 1 rings (SSSR count). The van der Waals surface area contributed by atoms with Gasteiger partial charge in [-0.2, -0.15) is 0 Å². The number of benzene rings is 1. The molecular weight excluding hydrogens is 284 g/mol. The fraction of sp³-hybridized carbons (Fsp3) is 0.538. The number of sulfonamides is 1. The molecule has 0 aromatic heterocycles. The van der Waals surface area contributed by atoms with Crippen LogP contribution in [-0.4, -0.2) is 21.0 Å². The zero-order chi connectivity index (χ0) is 14.8. The molecule has 0 spiro atoms. The largest absolute Gasteiger partial charge is 0.316 e. The molecule has 2 N–H and O–H groups in total. The van der Waals surface area contributed by atoms with E-state index in [1.165, 1.54) is 6.07 Å². The number of hydrogen-bond acceptors (Lipinski definition) is 3. The van der Waals surface area contributed by atoms with Gasteiger partial charge < -0.3 is 5.32 Å². The van der Waals surface area contributed by atoms with Gasteiger partial charge in [0.2, 0.25) is 10.0 Å². The molecular formula is C13H21ClN2O2S. The smallest absolute Gasteiger partial charge is 0.241 e. The van der Waals surface area contributed by atoms with Crippen LogP contribution in [0.4, 0.5) is 0 Å². The van der Waals surface area contributed by atoms with Gasteiger partial charge in [-0.1, -0.05) is 11.6 Å². The first-order chi connectivity index (χ1) is 8.57. The van der Waals surface area contributed by atoms with Crippen molar-refractivity contribution in [2.45, 2.75) is 44.7 Å². The Labute approximate surface area is 120 Å². The van der Waals surface area contributed by atoms with Gasteiger partial charge in [-0.15, -0.1) is 0 Å². The maximum absolute atomic E-state index is 12.4. The standard InChI is InChI=1S/C13H21ClN2O2S/c1-9-10(8-15-5)6-11(14)7-12(9)19(17,18)16-13(2,3)4/h6-7,15-16H,8H2,1-5H3. The van der Waals surface area contributed by atoms with E-state index in [0.717, 1.165) is 11.1 Å². The third kappa shape index (κ3) is 4.45. The van der Waals surface area contributed by atoms with Crippen LogP contribution in [0, 0.1) is 6.92 Å². The summed E-state index contributed by atoms with van der Waals surface area (Å²) in [6.45, 7) is 7.78. The Kier molecular flexibility index (Phi) is 5.01. The minimum absolute atomic E-state index is 0.236. The molecule has 4 nitrogen and oxygen atoms in total. The maximum atomic E-state index is 12.4. The third-order valence-corrected chi connectivity index (χ3v) is 4.63. The van der Waals surface area contributed by atoms with Crippen molar-refractivity contribution in [3.8, 4) is 0 Å². The minimum Gasteiger partial charge on any atom is -0.316 e. The predicted molar refractivity (Wildman–Crippen MR) is 79.0 cm³/mol. The highest BCUT2D eigenvalue weighted by atomic mass is 35.5. The third-order valence-electron chi connectivity index (χ3n) is 2.53. The van der Waals surface area contributed by atoms with E-state index >= 15 is 0 Å². The van der Waals surface area contributed by atoms with Crippen molar-refractivity contribution in [1.29, 1.82) is 0 Å². The van der Waals surface area contributed by atoms with E-state index in [9.17, 15) is 8.42 Å². The second kappa shape index (κ2) is 5.79. The minimum atomic E-state index is -3.57. The monoisotopic (exact) mass is 304 g/mol. The lowest BCUT2D eigenvalue weighted by atomic mass is 10.1. The van der Waals surface area contributed by atoms with Gasteiger partial charge in [-0.05, 0) is 58.0 Å². The second-order valence-corrected chi connectivity index (χ2v) is 7.66. The molecule has 0 amide bonds. The van der Waals surface area contributed by atoms with Crippen molar-refractivity contribution >= 4 is 21.6 Å². The Morgan fingerprint density at radius 2 is 1.84 bits per heavy atom. The van der Waals surface area contributed by atoms with E-state index in [1.54, 1.807) is 33.8 Å². The van der Waals surface area contributed by atoms with Gasteiger partial charge in [0.1, 0.15) is 0 Å². The highest BCUT2D eigenvalue weighted by Crippen LogP contribution is 2.25. The molecule has 0 saturated carbocycles. The molecule has 19 heavy (non-hydrogen) atoms. The molecule has 1 aromatic rings. The lowest BCUT2D eigenvalue weighted by Gasteiger charge is -2.22. The van der Waals surface area contributed by atoms with E-state index in [0.29, 0.717) is 11.6 Å². The quantitative estimate of drug-likeness (QED) is 0.898. The van der Waals surface area contributed by atoms with E-state index in [-0.39, 0.29) is 4.90 Å². The molecule has 0 saturated heterocycles. The molecule has 0 aliphatic heterocycles. The maximum Gasteiger partial charge on any atom is 0.241 e. The van der Waals surface area contributed by atoms with Crippen LogP contribution in [-0.2, 0) is 16.6 Å². The zero-order valence-electron chi connectivity index (χ0n) is 12.0. The number of hydrogen-bond donors (Lipinski definition) is 2. The second-order valence-electron chi connectivity index (χ2n) is 5.57. The van der Waals surface area contributed by atoms with E-state index in [2.05, 4.69) is 10.0 Å². The summed E-state index contributed by atoms with van der Waals surface area (Å²) >= 11 is 6.02. The van der Waals surface area contributed by atoms with Crippen LogP contribution in [0.1, 0.15) is 31.9 Å². The first-order valence-corrected chi connectivity index (χ1v) is 7.90. The highest BCUT2D eigenvalue weighted by molar-refractivity contribution is 7.89. The predicted octanol–water partition coefficient (Wildman–Crippen LogP) is 2.44. The average Bonchev–Trinajstić information content (AvgIpc) is 2.19. The van der Waals surface area contributed by atoms with Gasteiger partial charge in [-0.3, -0.25) is 0 Å². The van der Waals surface area contributed by atoms with Crippen LogP contribution in [0.15, 0.2) is 17.0 Å². The molecule has 108 valence electrons. The Morgan fingerprint density at radius 1 is 1.26 bits per heavy atom. The number of halogens is 1.